The van der Waals surface area contributed by atoms with Gasteiger partial charge in [-0.15, -0.1) is 0 Å². The predicted octanol–water partition coefficient (Wildman–Crippen LogP) is 0.0171. The Morgan fingerprint density at radius 3 is 2.36 bits per heavy atom. The third kappa shape index (κ3) is 3.42. The number of piperazine rings is 1. The molecule has 9 heteroatoms. The standard InChI is InChI=1S/C13H17F2N3O3S/c1-17(9-12(19)18-7-5-16-6-8-18)22(20,21)13-10(14)3-2-4-11(13)15/h2-4,16H,5-9H2,1H3. The molecule has 1 aliphatic heterocycles. The Bertz CT molecular complexity index is 640. The van der Waals surface area contributed by atoms with Gasteiger partial charge < -0.3 is 10.2 Å². The first-order chi connectivity index (χ1) is 10.3. The quantitative estimate of drug-likeness (QED) is 0.843. The van der Waals surface area contributed by atoms with Crippen molar-refractivity contribution in [2.45, 2.75) is 4.90 Å². The Morgan fingerprint density at radius 2 is 1.82 bits per heavy atom. The molecular weight excluding hydrogens is 316 g/mol. The van der Waals surface area contributed by atoms with E-state index in [2.05, 4.69) is 5.32 Å². The lowest BCUT2D eigenvalue weighted by Gasteiger charge is -2.29. The third-order valence-corrected chi connectivity index (χ3v) is 5.27. The summed E-state index contributed by atoms with van der Waals surface area (Å²) >= 11 is 0. The lowest BCUT2D eigenvalue weighted by molar-refractivity contribution is -0.131. The van der Waals surface area contributed by atoms with E-state index in [4.69, 9.17) is 0 Å². The second kappa shape index (κ2) is 6.67. The summed E-state index contributed by atoms with van der Waals surface area (Å²) in [5.74, 6) is -2.76. The van der Waals surface area contributed by atoms with Gasteiger partial charge in [0.2, 0.25) is 15.9 Å². The van der Waals surface area contributed by atoms with Crippen LogP contribution in [0.15, 0.2) is 23.1 Å². The zero-order valence-electron chi connectivity index (χ0n) is 12.1. The molecule has 1 amide bonds. The molecule has 0 unspecified atom stereocenters. The van der Waals surface area contributed by atoms with E-state index in [0.717, 1.165) is 25.2 Å². The minimum absolute atomic E-state index is 0.399. The molecule has 0 saturated carbocycles. The van der Waals surface area contributed by atoms with Crippen LogP contribution in [0.4, 0.5) is 8.78 Å². The summed E-state index contributed by atoms with van der Waals surface area (Å²) in [7, 11) is -3.29. The fraction of sp³-hybridized carbons (Fsp3) is 0.462. The fourth-order valence-electron chi connectivity index (χ4n) is 2.17. The van der Waals surface area contributed by atoms with E-state index in [0.29, 0.717) is 30.5 Å². The number of sulfonamides is 1. The van der Waals surface area contributed by atoms with Gasteiger partial charge in [0.25, 0.3) is 0 Å². The lowest BCUT2D eigenvalue weighted by atomic mass is 10.3. The molecule has 1 aromatic rings. The smallest absolute Gasteiger partial charge is 0.249 e. The number of likely N-dealkylation sites (N-methyl/N-ethyl adjacent to an activating group) is 1. The SMILES string of the molecule is CN(CC(=O)N1CCNCC1)S(=O)(=O)c1c(F)cccc1F. The van der Waals surface area contributed by atoms with Gasteiger partial charge >= 0.3 is 0 Å². The van der Waals surface area contributed by atoms with E-state index in [1.165, 1.54) is 4.90 Å². The molecule has 0 radical (unpaired) electrons. The van der Waals surface area contributed by atoms with Crippen LogP contribution in [0.3, 0.4) is 0 Å². The van der Waals surface area contributed by atoms with Gasteiger partial charge in [0.05, 0.1) is 6.54 Å². The molecule has 0 atom stereocenters. The number of halogens is 2. The highest BCUT2D eigenvalue weighted by molar-refractivity contribution is 7.89. The molecule has 0 spiro atoms. The van der Waals surface area contributed by atoms with E-state index in [-0.39, 0.29) is 0 Å². The highest BCUT2D eigenvalue weighted by Gasteiger charge is 2.30. The fourth-order valence-corrected chi connectivity index (χ4v) is 3.40. The van der Waals surface area contributed by atoms with Crippen molar-refractivity contribution >= 4 is 15.9 Å². The Hall–Kier alpha value is -1.58. The van der Waals surface area contributed by atoms with E-state index >= 15 is 0 Å². The lowest BCUT2D eigenvalue weighted by Crippen LogP contribution is -2.49. The van der Waals surface area contributed by atoms with Crippen molar-refractivity contribution in [1.82, 2.24) is 14.5 Å². The van der Waals surface area contributed by atoms with Gasteiger partial charge in [0.1, 0.15) is 11.6 Å². The molecule has 6 nitrogen and oxygen atoms in total. The van der Waals surface area contributed by atoms with Crippen LogP contribution < -0.4 is 5.32 Å². The monoisotopic (exact) mass is 333 g/mol. The number of amides is 1. The molecule has 22 heavy (non-hydrogen) atoms. The summed E-state index contributed by atoms with van der Waals surface area (Å²) < 4.78 is 52.5. The van der Waals surface area contributed by atoms with E-state index < -0.39 is 39.0 Å². The van der Waals surface area contributed by atoms with Gasteiger partial charge in [0.15, 0.2) is 4.90 Å². The normalized spacial score (nSPS) is 16.1. The number of carbonyl (C=O) groups excluding carboxylic acids is 1. The van der Waals surface area contributed by atoms with E-state index in [1.807, 2.05) is 0 Å². The molecule has 0 aliphatic carbocycles. The first-order valence-corrected chi connectivity index (χ1v) is 8.17. The maximum Gasteiger partial charge on any atom is 0.249 e. The number of nitrogens with one attached hydrogen (secondary N) is 1. The van der Waals surface area contributed by atoms with Crippen molar-refractivity contribution in [1.29, 1.82) is 0 Å². The van der Waals surface area contributed by atoms with Crippen molar-refractivity contribution in [3.8, 4) is 0 Å². The maximum absolute atomic E-state index is 13.6. The van der Waals surface area contributed by atoms with Crippen molar-refractivity contribution < 1.29 is 22.0 Å². The molecule has 122 valence electrons. The first kappa shape index (κ1) is 16.8. The minimum atomic E-state index is -4.41. The van der Waals surface area contributed by atoms with Crippen LogP contribution in [0.2, 0.25) is 0 Å². The summed E-state index contributed by atoms with van der Waals surface area (Å²) in [6.07, 6.45) is 0. The second-order valence-electron chi connectivity index (χ2n) is 4.94. The third-order valence-electron chi connectivity index (χ3n) is 3.41. The van der Waals surface area contributed by atoms with Crippen LogP contribution in [0, 0.1) is 11.6 Å². The number of benzene rings is 1. The summed E-state index contributed by atoms with van der Waals surface area (Å²) in [5, 5.41) is 3.07. The molecule has 0 aromatic heterocycles. The van der Waals surface area contributed by atoms with Crippen molar-refractivity contribution in [3.63, 3.8) is 0 Å². The summed E-state index contributed by atoms with van der Waals surface area (Å²) in [6.45, 7) is 1.74. The minimum Gasteiger partial charge on any atom is -0.339 e. The summed E-state index contributed by atoms with van der Waals surface area (Å²) in [4.78, 5) is 12.5. The largest absolute Gasteiger partial charge is 0.339 e. The van der Waals surface area contributed by atoms with Crippen molar-refractivity contribution in [2.75, 3.05) is 39.8 Å². The highest BCUT2D eigenvalue weighted by atomic mass is 32.2. The highest BCUT2D eigenvalue weighted by Crippen LogP contribution is 2.21. The van der Waals surface area contributed by atoms with Crippen molar-refractivity contribution in [2.24, 2.45) is 0 Å². The summed E-state index contributed by atoms with van der Waals surface area (Å²) in [5.41, 5.74) is 0. The number of nitrogens with zero attached hydrogens (tertiary/aromatic N) is 2. The number of hydrogen-bond donors (Lipinski definition) is 1. The average Bonchev–Trinajstić information content (AvgIpc) is 2.47. The second-order valence-corrected chi connectivity index (χ2v) is 6.92. The Balaban J connectivity index is 2.17. The van der Waals surface area contributed by atoms with Crippen LogP contribution in [0.25, 0.3) is 0 Å². The average molecular weight is 333 g/mol. The summed E-state index contributed by atoms with van der Waals surface area (Å²) in [6, 6.07) is 2.80. The maximum atomic E-state index is 13.6. The van der Waals surface area contributed by atoms with E-state index in [9.17, 15) is 22.0 Å². The Kier molecular flexibility index (Phi) is 5.09. The molecule has 0 bridgehead atoms. The molecule has 1 fully saturated rings. The van der Waals surface area contributed by atoms with E-state index in [1.54, 1.807) is 0 Å². The molecule has 1 aromatic carbocycles. The van der Waals surface area contributed by atoms with Crippen LogP contribution in [0.5, 0.6) is 0 Å². The molecule has 1 saturated heterocycles. The van der Waals surface area contributed by atoms with Gasteiger partial charge in [-0.25, -0.2) is 17.2 Å². The topological polar surface area (TPSA) is 69.7 Å². The Labute approximate surface area is 127 Å². The van der Waals surface area contributed by atoms with Crippen molar-refractivity contribution in [3.05, 3.63) is 29.8 Å². The van der Waals surface area contributed by atoms with Crippen LogP contribution in [-0.2, 0) is 14.8 Å². The zero-order valence-corrected chi connectivity index (χ0v) is 12.9. The van der Waals surface area contributed by atoms with Gasteiger partial charge in [-0.1, -0.05) is 6.07 Å². The first-order valence-electron chi connectivity index (χ1n) is 6.73. The van der Waals surface area contributed by atoms with Gasteiger partial charge in [-0.05, 0) is 12.1 Å². The number of carbonyl (C=O) groups is 1. The van der Waals surface area contributed by atoms with Gasteiger partial charge in [-0.2, -0.15) is 4.31 Å². The van der Waals surface area contributed by atoms with Gasteiger partial charge in [0, 0.05) is 33.2 Å². The molecule has 2 rings (SSSR count). The number of hydrogen-bond acceptors (Lipinski definition) is 4. The molecule has 1 heterocycles. The van der Waals surface area contributed by atoms with Crippen LogP contribution in [0.1, 0.15) is 0 Å². The van der Waals surface area contributed by atoms with Crippen LogP contribution >= 0.6 is 0 Å². The van der Waals surface area contributed by atoms with Gasteiger partial charge in [-0.3, -0.25) is 4.79 Å². The number of rotatable bonds is 4. The molecule has 1 N–H and O–H groups in total. The Morgan fingerprint density at radius 1 is 1.27 bits per heavy atom. The molecule has 1 aliphatic rings. The zero-order chi connectivity index (χ0) is 16.3. The predicted molar refractivity (Wildman–Crippen MR) is 75.6 cm³/mol. The molecular formula is C13H17F2N3O3S. The van der Waals surface area contributed by atoms with Crippen LogP contribution in [-0.4, -0.2) is 63.3 Å².